The lowest BCUT2D eigenvalue weighted by molar-refractivity contribution is -0.144. The number of nitrogens with zero attached hydrogens (tertiary/aromatic N) is 2. The van der Waals surface area contributed by atoms with Crippen LogP contribution < -0.4 is 18.9 Å². The van der Waals surface area contributed by atoms with Gasteiger partial charge in [-0.1, -0.05) is 66.6 Å². The van der Waals surface area contributed by atoms with E-state index >= 15 is 0 Å². The minimum absolute atomic E-state index is 0.232. The van der Waals surface area contributed by atoms with Crippen LogP contribution in [-0.4, -0.2) is 41.8 Å². The summed E-state index contributed by atoms with van der Waals surface area (Å²) in [5.41, 5.74) is 4.89. The Morgan fingerprint density at radius 3 is 2.62 bits per heavy atom. The Hall–Kier alpha value is -4.71. The molecule has 2 heterocycles. The van der Waals surface area contributed by atoms with Gasteiger partial charge in [0.15, 0.2) is 17.2 Å². The molecular weight excluding hydrogens is 592 g/mol. The van der Waals surface area contributed by atoms with Crippen LogP contribution in [0.2, 0.25) is 5.02 Å². The van der Waals surface area contributed by atoms with Crippen LogP contribution in [0.15, 0.2) is 78.9 Å². The summed E-state index contributed by atoms with van der Waals surface area (Å²) >= 11 is 6.89. The van der Waals surface area contributed by atoms with E-state index in [2.05, 4.69) is 4.85 Å². The Bertz CT molecular complexity index is 1740. The van der Waals surface area contributed by atoms with Crippen molar-refractivity contribution in [1.29, 1.82) is 0 Å². The number of aliphatic carboxylic acids is 1. The Balaban J connectivity index is 1.22. The van der Waals surface area contributed by atoms with Crippen LogP contribution in [0.1, 0.15) is 36.0 Å². The molecule has 2 aliphatic rings. The smallest absolute Gasteiger partial charge is 0.320 e. The van der Waals surface area contributed by atoms with E-state index in [-0.39, 0.29) is 13.2 Å². The largest absolute Gasteiger partial charge is 0.489 e. The highest BCUT2D eigenvalue weighted by Gasteiger charge is 2.29. The number of carboxylic acids is 1. The van der Waals surface area contributed by atoms with Gasteiger partial charge in [-0.25, -0.2) is 4.85 Å². The molecule has 1 saturated heterocycles. The average Bonchev–Trinajstić information content (AvgIpc) is 3.07. The Morgan fingerprint density at radius 2 is 1.78 bits per heavy atom. The van der Waals surface area contributed by atoms with Crippen molar-refractivity contribution in [3.8, 4) is 34.1 Å². The molecule has 2 aliphatic heterocycles. The molecule has 0 aliphatic carbocycles. The molecule has 4 aromatic rings. The van der Waals surface area contributed by atoms with Gasteiger partial charge in [0.2, 0.25) is 0 Å². The highest BCUT2D eigenvalue weighted by molar-refractivity contribution is 6.34. The molecule has 0 bridgehead atoms. The molecule has 0 spiro atoms. The predicted molar refractivity (Wildman–Crippen MR) is 171 cm³/mol. The summed E-state index contributed by atoms with van der Waals surface area (Å²) in [6.07, 6.45) is 2.48. The lowest BCUT2D eigenvalue weighted by Crippen LogP contribution is -2.44. The van der Waals surface area contributed by atoms with Gasteiger partial charge >= 0.3 is 5.97 Å². The molecular formula is C36H33ClN2O6. The molecule has 0 radical (unpaired) electrons. The van der Waals surface area contributed by atoms with Crippen LogP contribution in [0.25, 0.3) is 16.0 Å². The number of benzene rings is 4. The van der Waals surface area contributed by atoms with E-state index in [0.717, 1.165) is 46.4 Å². The topological polar surface area (TPSA) is 81.8 Å². The minimum Gasteiger partial charge on any atom is -0.489 e. The van der Waals surface area contributed by atoms with E-state index in [1.165, 1.54) is 0 Å². The molecule has 1 N–H and O–H groups in total. The third-order valence-corrected chi connectivity index (χ3v) is 8.52. The van der Waals surface area contributed by atoms with Crippen molar-refractivity contribution in [3.05, 3.63) is 112 Å². The van der Waals surface area contributed by atoms with E-state index in [1.54, 1.807) is 12.1 Å². The molecule has 45 heavy (non-hydrogen) atoms. The second-order valence-electron chi connectivity index (χ2n) is 11.1. The molecule has 230 valence electrons. The first kappa shape index (κ1) is 30.3. The summed E-state index contributed by atoms with van der Waals surface area (Å²) in [4.78, 5) is 17.5. The zero-order valence-corrected chi connectivity index (χ0v) is 25.5. The Labute approximate surface area is 267 Å². The molecule has 6 rings (SSSR count). The van der Waals surface area contributed by atoms with Crippen molar-refractivity contribution in [2.45, 2.75) is 45.1 Å². The van der Waals surface area contributed by atoms with Crippen LogP contribution in [0.4, 0.5) is 5.69 Å². The number of hydrogen-bond donors (Lipinski definition) is 1. The molecule has 4 aromatic carbocycles. The highest BCUT2D eigenvalue weighted by atomic mass is 35.5. The zero-order valence-electron chi connectivity index (χ0n) is 24.7. The maximum Gasteiger partial charge on any atom is 0.320 e. The van der Waals surface area contributed by atoms with Gasteiger partial charge in [0.05, 0.1) is 11.6 Å². The fourth-order valence-electron chi connectivity index (χ4n) is 5.73. The molecule has 1 fully saturated rings. The first-order chi connectivity index (χ1) is 22.0. The first-order valence-corrected chi connectivity index (χ1v) is 15.4. The monoisotopic (exact) mass is 624 g/mol. The van der Waals surface area contributed by atoms with E-state index in [0.29, 0.717) is 60.7 Å². The minimum atomic E-state index is -0.802. The second kappa shape index (κ2) is 13.9. The van der Waals surface area contributed by atoms with Gasteiger partial charge in [-0.2, -0.15) is 0 Å². The lowest BCUT2D eigenvalue weighted by Gasteiger charge is -2.33. The van der Waals surface area contributed by atoms with Gasteiger partial charge in [-0.3, -0.25) is 9.69 Å². The van der Waals surface area contributed by atoms with Crippen molar-refractivity contribution in [1.82, 2.24) is 4.90 Å². The van der Waals surface area contributed by atoms with Gasteiger partial charge in [0.25, 0.3) is 0 Å². The van der Waals surface area contributed by atoms with Crippen molar-refractivity contribution in [2.24, 2.45) is 0 Å². The summed E-state index contributed by atoms with van der Waals surface area (Å²) in [5.74, 6) is 1.82. The number of piperidine rings is 1. The summed E-state index contributed by atoms with van der Waals surface area (Å²) in [6, 6.07) is 24.1. The quantitative estimate of drug-likeness (QED) is 0.179. The number of hydrogen-bond acceptors (Lipinski definition) is 6. The SMILES string of the molecule is [C-]#[N+]c1cccc(COc2cc(OCc3cccc(-c4ccc5c(c4)OCCO5)c3Cl)ccc2CN2CCCC[C@H]2C(=O)O)c1. The van der Waals surface area contributed by atoms with Gasteiger partial charge in [0, 0.05) is 29.3 Å². The molecule has 0 unspecified atom stereocenters. The van der Waals surface area contributed by atoms with Crippen molar-refractivity contribution < 1.29 is 28.8 Å². The van der Waals surface area contributed by atoms with Gasteiger partial charge in [-0.15, -0.1) is 0 Å². The van der Waals surface area contributed by atoms with Crippen LogP contribution in [0, 0.1) is 6.57 Å². The Kier molecular flexibility index (Phi) is 9.39. The zero-order chi connectivity index (χ0) is 31.2. The normalized spacial score (nSPS) is 16.0. The molecule has 8 nitrogen and oxygen atoms in total. The van der Waals surface area contributed by atoms with Gasteiger partial charge < -0.3 is 24.1 Å². The fraction of sp³-hybridized carbons (Fsp3) is 0.278. The summed E-state index contributed by atoms with van der Waals surface area (Å²) in [7, 11) is 0. The second-order valence-corrected chi connectivity index (χ2v) is 11.5. The molecule has 9 heteroatoms. The number of ether oxygens (including phenoxy) is 4. The highest BCUT2D eigenvalue weighted by Crippen LogP contribution is 2.38. The van der Waals surface area contributed by atoms with E-state index in [4.69, 9.17) is 37.1 Å². The number of carboxylic acid groups (broad SMARTS) is 1. The number of rotatable bonds is 10. The van der Waals surface area contributed by atoms with Gasteiger partial charge in [0.1, 0.15) is 44.0 Å². The van der Waals surface area contributed by atoms with Crippen LogP contribution in [-0.2, 0) is 24.6 Å². The predicted octanol–water partition coefficient (Wildman–Crippen LogP) is 7.93. The fourth-order valence-corrected chi connectivity index (χ4v) is 6.02. The maximum absolute atomic E-state index is 12.0. The number of carbonyl (C=O) groups is 1. The summed E-state index contributed by atoms with van der Waals surface area (Å²) in [5, 5.41) is 10.4. The van der Waals surface area contributed by atoms with Crippen LogP contribution in [0.5, 0.6) is 23.0 Å². The molecule has 0 saturated carbocycles. The summed E-state index contributed by atoms with van der Waals surface area (Å²) < 4.78 is 23.9. The van der Waals surface area contributed by atoms with Crippen LogP contribution in [0.3, 0.4) is 0 Å². The van der Waals surface area contributed by atoms with Crippen molar-refractivity contribution in [2.75, 3.05) is 19.8 Å². The van der Waals surface area contributed by atoms with Crippen LogP contribution >= 0.6 is 11.6 Å². The summed E-state index contributed by atoms with van der Waals surface area (Å²) in [6.45, 7) is 10.00. The molecule has 0 amide bonds. The lowest BCUT2D eigenvalue weighted by atomic mass is 10.0. The number of likely N-dealkylation sites (tertiary alicyclic amines) is 1. The number of halogens is 1. The van der Waals surface area contributed by atoms with E-state index in [1.807, 2.05) is 71.6 Å². The van der Waals surface area contributed by atoms with E-state index < -0.39 is 12.0 Å². The first-order valence-electron chi connectivity index (χ1n) is 15.0. The van der Waals surface area contributed by atoms with Crippen molar-refractivity contribution in [3.63, 3.8) is 0 Å². The molecule has 1 atom stereocenters. The Morgan fingerprint density at radius 1 is 0.933 bits per heavy atom. The molecule has 0 aromatic heterocycles. The van der Waals surface area contributed by atoms with E-state index in [9.17, 15) is 9.90 Å². The standard InChI is InChI=1S/C36H33ClN2O6/c1-38-28-8-4-6-24(18-28)22-45-33-20-29(13-11-26(33)21-39-15-3-2-10-31(39)36(40)41)44-23-27-7-5-9-30(35(27)37)25-12-14-32-34(19-25)43-17-16-42-32/h4-9,11-14,18-20,31H,2-3,10,15-17,21-23H2,(H,40,41)/t31-/m0/s1. The third kappa shape index (κ3) is 7.17. The third-order valence-electron chi connectivity index (χ3n) is 8.07. The number of fused-ring (bicyclic) bond motifs is 1. The van der Waals surface area contributed by atoms with Crippen molar-refractivity contribution >= 4 is 23.3 Å². The average molecular weight is 625 g/mol. The van der Waals surface area contributed by atoms with Gasteiger partial charge in [-0.05, 0) is 54.8 Å². The maximum atomic E-state index is 12.0.